The summed E-state index contributed by atoms with van der Waals surface area (Å²) in [6, 6.07) is 4.98. The highest BCUT2D eigenvalue weighted by molar-refractivity contribution is 7.15. The number of hydrogen-bond donors (Lipinski definition) is 2. The molecule has 1 aromatic heterocycles. The fourth-order valence-electron chi connectivity index (χ4n) is 1.65. The zero-order chi connectivity index (χ0) is 15.2. The maximum absolute atomic E-state index is 12.1. The number of rotatable bonds is 6. The van der Waals surface area contributed by atoms with Crippen molar-refractivity contribution in [2.24, 2.45) is 0 Å². The molecule has 0 aliphatic heterocycles. The number of nitrogens with zero attached hydrogens (tertiary/aromatic N) is 2. The Hall–Kier alpha value is -2.15. The van der Waals surface area contributed by atoms with Crippen molar-refractivity contribution in [3.8, 4) is 5.75 Å². The van der Waals surface area contributed by atoms with Crippen LogP contribution in [0.4, 0.5) is 10.8 Å². The van der Waals surface area contributed by atoms with Crippen molar-refractivity contribution in [3.05, 3.63) is 28.8 Å². The number of amides is 1. The molecule has 0 spiro atoms. The van der Waals surface area contributed by atoms with E-state index in [-0.39, 0.29) is 5.91 Å². The molecular formula is C14H18N4O2S. The maximum Gasteiger partial charge on any atom is 0.257 e. The monoisotopic (exact) mass is 306 g/mol. The molecule has 0 aliphatic rings. The predicted octanol–water partition coefficient (Wildman–Crippen LogP) is 2.72. The Bertz CT molecular complexity index is 627. The van der Waals surface area contributed by atoms with Crippen molar-refractivity contribution >= 4 is 28.1 Å². The Balaban J connectivity index is 2.06. The van der Waals surface area contributed by atoms with Gasteiger partial charge in [0.25, 0.3) is 5.91 Å². The van der Waals surface area contributed by atoms with Gasteiger partial charge in [-0.3, -0.25) is 10.1 Å². The molecular weight excluding hydrogens is 288 g/mol. The average molecular weight is 306 g/mol. The van der Waals surface area contributed by atoms with E-state index >= 15 is 0 Å². The number of nitrogen functional groups attached to an aromatic ring is 1. The number of aromatic nitrogens is 2. The van der Waals surface area contributed by atoms with Gasteiger partial charge < -0.3 is 10.5 Å². The van der Waals surface area contributed by atoms with Gasteiger partial charge in [0, 0.05) is 5.56 Å². The maximum atomic E-state index is 12.1. The Morgan fingerprint density at radius 2 is 2.19 bits per heavy atom. The minimum Gasteiger partial charge on any atom is -0.491 e. The third kappa shape index (κ3) is 3.91. The van der Waals surface area contributed by atoms with Crippen molar-refractivity contribution in [2.75, 3.05) is 17.7 Å². The highest BCUT2D eigenvalue weighted by Gasteiger charge is 2.11. The number of nitrogens with two attached hydrogens (primary N) is 1. The van der Waals surface area contributed by atoms with Gasteiger partial charge in [-0.05, 0) is 31.0 Å². The van der Waals surface area contributed by atoms with Gasteiger partial charge in [-0.15, -0.1) is 10.2 Å². The van der Waals surface area contributed by atoms with Gasteiger partial charge >= 0.3 is 0 Å². The fraction of sp³-hybridized carbons (Fsp3) is 0.357. The van der Waals surface area contributed by atoms with Crippen LogP contribution >= 0.6 is 11.3 Å². The summed E-state index contributed by atoms with van der Waals surface area (Å²) in [6.07, 6.45) is 1.70. The first kappa shape index (κ1) is 15.2. The Morgan fingerprint density at radius 3 is 2.81 bits per heavy atom. The molecule has 21 heavy (non-hydrogen) atoms. The second kappa shape index (κ2) is 7.03. The van der Waals surface area contributed by atoms with Crippen LogP contribution in [0.2, 0.25) is 0 Å². The van der Waals surface area contributed by atoms with Crippen LogP contribution in [-0.2, 0) is 6.42 Å². The van der Waals surface area contributed by atoms with Crippen molar-refractivity contribution in [3.63, 3.8) is 0 Å². The molecule has 1 aromatic carbocycles. The first-order valence-electron chi connectivity index (χ1n) is 6.80. The van der Waals surface area contributed by atoms with Crippen LogP contribution in [0.1, 0.15) is 35.6 Å². The number of nitrogens with one attached hydrogen (secondary N) is 1. The molecule has 0 saturated heterocycles. The van der Waals surface area contributed by atoms with Crippen molar-refractivity contribution in [2.45, 2.75) is 26.7 Å². The number of anilines is 2. The van der Waals surface area contributed by atoms with E-state index in [2.05, 4.69) is 15.5 Å². The molecule has 0 saturated carbocycles. The Labute approximate surface area is 127 Å². The van der Waals surface area contributed by atoms with E-state index < -0.39 is 0 Å². The largest absolute Gasteiger partial charge is 0.491 e. The summed E-state index contributed by atoms with van der Waals surface area (Å²) in [4.78, 5) is 12.1. The van der Waals surface area contributed by atoms with Crippen molar-refractivity contribution < 1.29 is 9.53 Å². The minimum absolute atomic E-state index is 0.262. The zero-order valence-corrected chi connectivity index (χ0v) is 12.9. The van der Waals surface area contributed by atoms with E-state index in [0.717, 1.165) is 17.8 Å². The molecule has 112 valence electrons. The quantitative estimate of drug-likeness (QED) is 0.801. The van der Waals surface area contributed by atoms with Crippen LogP contribution < -0.4 is 15.8 Å². The standard InChI is InChI=1S/C14H18N4O2S/c1-3-7-20-11-6-5-9(8-10(11)15)13(19)16-14-18-17-12(4-2)21-14/h5-6,8H,3-4,7,15H2,1-2H3,(H,16,18,19). The highest BCUT2D eigenvalue weighted by atomic mass is 32.1. The third-order valence-electron chi connectivity index (χ3n) is 2.72. The summed E-state index contributed by atoms with van der Waals surface area (Å²) in [5.41, 5.74) is 6.80. The van der Waals surface area contributed by atoms with Crippen LogP contribution in [0.5, 0.6) is 5.75 Å². The lowest BCUT2D eigenvalue weighted by molar-refractivity contribution is 0.102. The fourth-order valence-corrected chi connectivity index (χ4v) is 2.32. The molecule has 0 unspecified atom stereocenters. The summed E-state index contributed by atoms with van der Waals surface area (Å²) in [5, 5.41) is 12.0. The van der Waals surface area contributed by atoms with E-state index in [4.69, 9.17) is 10.5 Å². The molecule has 6 nitrogen and oxygen atoms in total. The minimum atomic E-state index is -0.262. The number of hydrogen-bond acceptors (Lipinski definition) is 6. The summed E-state index contributed by atoms with van der Waals surface area (Å²) >= 11 is 1.36. The molecule has 3 N–H and O–H groups in total. The lowest BCUT2D eigenvalue weighted by Gasteiger charge is -2.09. The van der Waals surface area contributed by atoms with Crippen LogP contribution in [0.3, 0.4) is 0 Å². The molecule has 0 radical (unpaired) electrons. The second-order valence-electron chi connectivity index (χ2n) is 4.41. The van der Waals surface area contributed by atoms with Crippen LogP contribution in [0.25, 0.3) is 0 Å². The topological polar surface area (TPSA) is 90.1 Å². The molecule has 0 aliphatic carbocycles. The zero-order valence-electron chi connectivity index (χ0n) is 12.0. The van der Waals surface area contributed by atoms with Crippen molar-refractivity contribution in [1.82, 2.24) is 10.2 Å². The van der Waals surface area contributed by atoms with Crippen molar-refractivity contribution in [1.29, 1.82) is 0 Å². The molecule has 1 amide bonds. The summed E-state index contributed by atoms with van der Waals surface area (Å²) in [6.45, 7) is 4.60. The van der Waals surface area contributed by atoms with Crippen LogP contribution in [0.15, 0.2) is 18.2 Å². The second-order valence-corrected chi connectivity index (χ2v) is 5.47. The number of ether oxygens (including phenoxy) is 1. The molecule has 0 fully saturated rings. The third-order valence-corrected chi connectivity index (χ3v) is 3.71. The van der Waals surface area contributed by atoms with Crippen LogP contribution in [0, 0.1) is 0 Å². The molecule has 7 heteroatoms. The molecule has 1 heterocycles. The van der Waals surface area contributed by atoms with E-state index in [1.165, 1.54) is 11.3 Å². The average Bonchev–Trinajstić information content (AvgIpc) is 2.93. The Morgan fingerprint density at radius 1 is 1.38 bits per heavy atom. The lowest BCUT2D eigenvalue weighted by atomic mass is 10.2. The van der Waals surface area contributed by atoms with Gasteiger partial charge in [0.05, 0.1) is 12.3 Å². The molecule has 0 bridgehead atoms. The number of benzene rings is 1. The van der Waals surface area contributed by atoms with Gasteiger partial charge in [0.1, 0.15) is 10.8 Å². The highest BCUT2D eigenvalue weighted by Crippen LogP contribution is 2.24. The van der Waals surface area contributed by atoms with E-state index in [0.29, 0.717) is 28.7 Å². The summed E-state index contributed by atoms with van der Waals surface area (Å²) < 4.78 is 5.48. The van der Waals surface area contributed by atoms with Crippen LogP contribution in [-0.4, -0.2) is 22.7 Å². The number of aryl methyl sites for hydroxylation is 1. The first-order chi connectivity index (χ1) is 10.1. The van der Waals surface area contributed by atoms with Gasteiger partial charge in [0.15, 0.2) is 0 Å². The number of carbonyl (C=O) groups is 1. The molecule has 2 rings (SSSR count). The van der Waals surface area contributed by atoms with Gasteiger partial charge in [0.2, 0.25) is 5.13 Å². The molecule has 2 aromatic rings. The Kier molecular flexibility index (Phi) is 5.10. The molecule has 0 atom stereocenters. The first-order valence-corrected chi connectivity index (χ1v) is 7.61. The summed E-state index contributed by atoms with van der Waals surface area (Å²) in [5.74, 6) is 0.333. The predicted molar refractivity (Wildman–Crippen MR) is 83.9 cm³/mol. The van der Waals surface area contributed by atoms with E-state index in [1.54, 1.807) is 18.2 Å². The van der Waals surface area contributed by atoms with E-state index in [1.807, 2.05) is 13.8 Å². The summed E-state index contributed by atoms with van der Waals surface area (Å²) in [7, 11) is 0. The van der Waals surface area contributed by atoms with Gasteiger partial charge in [-0.1, -0.05) is 25.2 Å². The van der Waals surface area contributed by atoms with Gasteiger partial charge in [-0.2, -0.15) is 0 Å². The van der Waals surface area contributed by atoms with Gasteiger partial charge in [-0.25, -0.2) is 0 Å². The lowest BCUT2D eigenvalue weighted by Crippen LogP contribution is -2.12. The van der Waals surface area contributed by atoms with E-state index in [9.17, 15) is 4.79 Å². The SMILES string of the molecule is CCCOc1ccc(C(=O)Nc2nnc(CC)s2)cc1N. The number of carbonyl (C=O) groups excluding carboxylic acids is 1. The normalized spacial score (nSPS) is 10.4. The smallest absolute Gasteiger partial charge is 0.257 e.